The third kappa shape index (κ3) is 3.74. The van der Waals surface area contributed by atoms with Crippen LogP contribution in [0.1, 0.15) is 5.01 Å². The average molecular weight is 366 g/mol. The molecule has 0 aliphatic heterocycles. The minimum atomic E-state index is -0.709. The molecular weight excluding hydrogens is 355 g/mol. The monoisotopic (exact) mass is 366 g/mol. The molecule has 0 saturated heterocycles. The van der Waals surface area contributed by atoms with Crippen molar-refractivity contribution in [3.63, 3.8) is 0 Å². The highest BCUT2D eigenvalue weighted by molar-refractivity contribution is 7.11. The van der Waals surface area contributed by atoms with E-state index in [-0.39, 0.29) is 11.3 Å². The van der Waals surface area contributed by atoms with Crippen molar-refractivity contribution in [2.45, 2.75) is 0 Å². The van der Waals surface area contributed by atoms with E-state index in [9.17, 15) is 19.8 Å². The van der Waals surface area contributed by atoms with Crippen LogP contribution in [-0.2, 0) is 0 Å². The second-order valence-corrected chi connectivity index (χ2v) is 5.99. The summed E-state index contributed by atoms with van der Waals surface area (Å²) in [6.45, 7) is 0. The summed E-state index contributed by atoms with van der Waals surface area (Å²) in [5.74, 6) is -0.709. The van der Waals surface area contributed by atoms with Crippen LogP contribution in [-0.4, -0.2) is 9.91 Å². The molecule has 26 heavy (non-hydrogen) atoms. The van der Waals surface area contributed by atoms with E-state index in [1.165, 1.54) is 23.6 Å². The molecule has 0 saturated carbocycles. The smallest absolute Gasteiger partial charge is 0.295 e. The van der Waals surface area contributed by atoms with Crippen LogP contribution < -0.4 is 5.32 Å². The fourth-order valence-corrected chi connectivity index (χ4v) is 3.00. The Morgan fingerprint density at radius 1 is 1.31 bits per heavy atom. The lowest BCUT2D eigenvalue weighted by molar-refractivity contribution is -0.384. The maximum atomic E-state index is 13.2. The van der Waals surface area contributed by atoms with Crippen LogP contribution in [0.4, 0.5) is 15.8 Å². The van der Waals surface area contributed by atoms with Crippen molar-refractivity contribution in [3.05, 3.63) is 81.1 Å². The number of thiazole rings is 1. The third-order valence-corrected chi connectivity index (χ3v) is 4.33. The van der Waals surface area contributed by atoms with Crippen molar-refractivity contribution in [2.75, 3.05) is 5.32 Å². The fourth-order valence-electron chi connectivity index (χ4n) is 2.21. The number of hydrogen-bond acceptors (Lipinski definition) is 6. The Balaban J connectivity index is 1.88. The first-order valence-corrected chi connectivity index (χ1v) is 8.28. The first-order valence-electron chi connectivity index (χ1n) is 7.40. The molecule has 0 bridgehead atoms. The van der Waals surface area contributed by atoms with Crippen LogP contribution in [0.2, 0.25) is 0 Å². The second kappa shape index (κ2) is 7.55. The van der Waals surface area contributed by atoms with E-state index in [1.807, 2.05) is 41.8 Å². The normalized spacial score (nSPS) is 11.0. The Bertz CT molecular complexity index is 1030. The zero-order valence-corrected chi connectivity index (χ0v) is 14.0. The zero-order valence-electron chi connectivity index (χ0n) is 13.2. The van der Waals surface area contributed by atoms with Crippen LogP contribution in [0.25, 0.3) is 16.8 Å². The van der Waals surface area contributed by atoms with Gasteiger partial charge in [-0.3, -0.25) is 10.1 Å². The van der Waals surface area contributed by atoms with E-state index in [4.69, 9.17) is 0 Å². The Morgan fingerprint density at radius 2 is 2.08 bits per heavy atom. The SMILES string of the molecule is N#C/C(=C/Nc1ccc(F)cc1[N+](=O)[O-])c1nc(-c2ccccc2)cs1. The summed E-state index contributed by atoms with van der Waals surface area (Å²) in [6.07, 6.45) is 1.33. The molecule has 8 heteroatoms. The molecule has 0 amide bonds. The molecule has 6 nitrogen and oxygen atoms in total. The largest absolute Gasteiger partial charge is 0.355 e. The molecule has 0 radical (unpaired) electrons. The number of nitriles is 1. The van der Waals surface area contributed by atoms with Crippen LogP contribution in [0.5, 0.6) is 0 Å². The van der Waals surface area contributed by atoms with E-state index in [1.54, 1.807) is 0 Å². The number of anilines is 1. The van der Waals surface area contributed by atoms with E-state index in [2.05, 4.69) is 10.3 Å². The first-order chi connectivity index (χ1) is 12.6. The standard InChI is InChI=1S/C18H11FN4O2S/c19-14-6-7-15(17(8-14)23(24)25)21-10-13(9-20)18-22-16(11-26-18)12-4-2-1-3-5-12/h1-8,10-11,21H/b13-10-. The van der Waals surface area contributed by atoms with Crippen LogP contribution >= 0.6 is 11.3 Å². The quantitative estimate of drug-likeness (QED) is 0.396. The summed E-state index contributed by atoms with van der Waals surface area (Å²) in [4.78, 5) is 14.8. The van der Waals surface area contributed by atoms with Gasteiger partial charge in [-0.1, -0.05) is 30.3 Å². The van der Waals surface area contributed by atoms with E-state index < -0.39 is 16.4 Å². The van der Waals surface area contributed by atoms with Crippen molar-refractivity contribution in [2.24, 2.45) is 0 Å². The number of nitro groups is 1. The number of nitro benzene ring substituents is 1. The maximum Gasteiger partial charge on any atom is 0.295 e. The van der Waals surface area contributed by atoms with Gasteiger partial charge < -0.3 is 5.32 Å². The average Bonchev–Trinajstić information content (AvgIpc) is 3.14. The number of hydrogen-bond donors (Lipinski definition) is 1. The van der Waals surface area contributed by atoms with Crippen molar-refractivity contribution >= 4 is 28.3 Å². The Hall–Kier alpha value is -3.57. The van der Waals surface area contributed by atoms with E-state index in [0.717, 1.165) is 23.4 Å². The topological polar surface area (TPSA) is 91.8 Å². The highest BCUT2D eigenvalue weighted by Crippen LogP contribution is 2.28. The van der Waals surface area contributed by atoms with Gasteiger partial charge in [0.25, 0.3) is 5.69 Å². The van der Waals surface area contributed by atoms with Crippen molar-refractivity contribution < 1.29 is 9.31 Å². The summed E-state index contributed by atoms with van der Waals surface area (Å²) >= 11 is 1.29. The third-order valence-electron chi connectivity index (χ3n) is 3.45. The molecule has 1 heterocycles. The summed E-state index contributed by atoms with van der Waals surface area (Å²) in [6, 6.07) is 14.7. The Kier molecular flexibility index (Phi) is 5.01. The summed E-state index contributed by atoms with van der Waals surface area (Å²) < 4.78 is 13.2. The lowest BCUT2D eigenvalue weighted by atomic mass is 10.2. The van der Waals surface area contributed by atoms with Gasteiger partial charge in [0.2, 0.25) is 0 Å². The second-order valence-electron chi connectivity index (χ2n) is 5.14. The number of halogens is 1. The number of rotatable bonds is 5. The number of nitrogens with zero attached hydrogens (tertiary/aromatic N) is 3. The highest BCUT2D eigenvalue weighted by Gasteiger charge is 2.15. The van der Waals surface area contributed by atoms with E-state index in [0.29, 0.717) is 5.01 Å². The summed E-state index contributed by atoms with van der Waals surface area (Å²) in [5, 5.41) is 25.4. The fraction of sp³-hybridized carbons (Fsp3) is 0. The zero-order chi connectivity index (χ0) is 18.5. The van der Waals surface area contributed by atoms with Crippen molar-refractivity contribution in [1.29, 1.82) is 5.26 Å². The van der Waals surface area contributed by atoms with E-state index >= 15 is 0 Å². The Morgan fingerprint density at radius 3 is 2.77 bits per heavy atom. The molecule has 0 atom stereocenters. The number of benzene rings is 2. The maximum absolute atomic E-state index is 13.2. The lowest BCUT2D eigenvalue weighted by Gasteiger charge is -2.03. The lowest BCUT2D eigenvalue weighted by Crippen LogP contribution is -1.97. The predicted octanol–water partition coefficient (Wildman–Crippen LogP) is 4.83. The van der Waals surface area contributed by atoms with Gasteiger partial charge in [-0.25, -0.2) is 9.37 Å². The summed E-state index contributed by atoms with van der Waals surface area (Å²) in [7, 11) is 0. The molecule has 0 aliphatic rings. The molecule has 128 valence electrons. The molecule has 3 rings (SSSR count). The van der Waals surface area contributed by atoms with Gasteiger partial charge in [0.15, 0.2) is 0 Å². The van der Waals surface area contributed by atoms with Gasteiger partial charge in [-0.2, -0.15) is 5.26 Å². The van der Waals surface area contributed by atoms with Crippen LogP contribution in [0.3, 0.4) is 0 Å². The van der Waals surface area contributed by atoms with Gasteiger partial charge in [0.05, 0.1) is 16.7 Å². The molecule has 0 unspecified atom stereocenters. The molecule has 2 aromatic carbocycles. The van der Waals surface area contributed by atoms with Crippen LogP contribution in [0, 0.1) is 27.3 Å². The molecular formula is C18H11FN4O2S. The molecule has 0 fully saturated rings. The van der Waals surface area contributed by atoms with Gasteiger partial charge in [0, 0.05) is 17.1 Å². The highest BCUT2D eigenvalue weighted by atomic mass is 32.1. The summed E-state index contributed by atoms with van der Waals surface area (Å²) in [5.41, 5.74) is 1.55. The molecule has 0 spiro atoms. The minimum Gasteiger partial charge on any atom is -0.355 e. The van der Waals surface area contributed by atoms with Crippen molar-refractivity contribution in [1.82, 2.24) is 4.98 Å². The molecule has 0 aliphatic carbocycles. The van der Waals surface area contributed by atoms with Gasteiger partial charge in [-0.15, -0.1) is 11.3 Å². The Labute approximate surface area is 152 Å². The van der Waals surface area contributed by atoms with Gasteiger partial charge >= 0.3 is 0 Å². The molecule has 1 N–H and O–H groups in total. The van der Waals surface area contributed by atoms with Crippen LogP contribution in [0.15, 0.2) is 60.1 Å². The minimum absolute atomic E-state index is 0.0870. The molecule has 3 aromatic rings. The number of aromatic nitrogens is 1. The number of nitrogens with one attached hydrogen (secondary N) is 1. The predicted molar refractivity (Wildman–Crippen MR) is 97.8 cm³/mol. The first kappa shape index (κ1) is 17.3. The van der Waals surface area contributed by atoms with Gasteiger partial charge in [0.1, 0.15) is 28.2 Å². The molecule has 1 aromatic heterocycles. The van der Waals surface area contributed by atoms with Crippen molar-refractivity contribution in [3.8, 4) is 17.3 Å². The number of allylic oxidation sites excluding steroid dienone is 1. The van der Waals surface area contributed by atoms with Gasteiger partial charge in [-0.05, 0) is 12.1 Å².